The number of nitrogens with zero attached hydrogens (tertiary/aromatic N) is 5. The van der Waals surface area contributed by atoms with E-state index in [1.165, 1.54) is 50.4 Å². The number of phenols is 1. The van der Waals surface area contributed by atoms with Gasteiger partial charge in [0, 0.05) is 37.2 Å². The Labute approximate surface area is 339 Å². The minimum Gasteiger partial charge on any atom is -0.504 e. The lowest BCUT2D eigenvalue weighted by Gasteiger charge is -2.50. The number of fused-ring (bicyclic) bond motifs is 4. The van der Waals surface area contributed by atoms with Gasteiger partial charge in [-0.3, -0.25) is 44.8 Å². The van der Waals surface area contributed by atoms with Crippen LogP contribution in [-0.2, 0) is 24.6 Å². The molecule has 18 heteroatoms. The van der Waals surface area contributed by atoms with Crippen molar-refractivity contribution in [2.45, 2.75) is 24.2 Å². The number of nitrogens with one attached hydrogen (secondary N) is 1. The standard InChI is InChI=1S/C41H34ClFN6O10/c1-45(2)36-30(48(55)56)17-25(18-31(36)49(57)58)46-37(51)27-14-13-26-28(34(27)39(46)53)19-29-38(52)47(44-24-11-9-23(43)10-12-24)40(54)41(29,21-5-7-22(42)8-6-21)35(26)20-4-15-32(50)33(16-20)59-3/h4-13,15-18,27-29,34-35,44,50H,14,19H2,1-3H3. The molecule has 6 atom stereocenters. The number of carbonyl (C=O) groups is 4. The molecule has 6 unspecified atom stereocenters. The lowest BCUT2D eigenvalue weighted by atomic mass is 9.49. The molecule has 0 bridgehead atoms. The summed E-state index contributed by atoms with van der Waals surface area (Å²) in [6.45, 7) is 0. The third-order valence-corrected chi connectivity index (χ3v) is 12.2. The molecule has 0 spiro atoms. The van der Waals surface area contributed by atoms with Crippen molar-refractivity contribution in [3.05, 3.63) is 133 Å². The summed E-state index contributed by atoms with van der Waals surface area (Å²) in [4.78, 5) is 84.1. The molecule has 2 saturated heterocycles. The Kier molecular flexibility index (Phi) is 9.37. The van der Waals surface area contributed by atoms with E-state index in [9.17, 15) is 44.1 Å². The summed E-state index contributed by atoms with van der Waals surface area (Å²) in [7, 11) is 4.13. The second-order valence-electron chi connectivity index (χ2n) is 15.1. The summed E-state index contributed by atoms with van der Waals surface area (Å²) in [5, 5.41) is 36.4. The number of hydrazine groups is 1. The quantitative estimate of drug-likeness (QED) is 0.0830. The third kappa shape index (κ3) is 5.86. The van der Waals surface area contributed by atoms with E-state index in [0.717, 1.165) is 34.2 Å². The highest BCUT2D eigenvalue weighted by Gasteiger charge is 2.70. The fraction of sp³-hybridized carbons (Fsp3) is 0.268. The second kappa shape index (κ2) is 14.2. The number of halogens is 2. The Morgan fingerprint density at radius 1 is 0.898 bits per heavy atom. The molecule has 302 valence electrons. The lowest BCUT2D eigenvalue weighted by molar-refractivity contribution is -0.392. The molecule has 8 rings (SSSR count). The Hall–Kier alpha value is -6.88. The fourth-order valence-electron chi connectivity index (χ4n) is 9.61. The number of benzene rings is 4. The molecule has 1 saturated carbocycles. The number of amides is 4. The Morgan fingerprint density at radius 3 is 2.14 bits per heavy atom. The van der Waals surface area contributed by atoms with E-state index < -0.39 is 85.7 Å². The number of phenolic OH excluding ortho intramolecular Hbond substituents is 1. The monoisotopic (exact) mass is 824 g/mol. The first kappa shape index (κ1) is 39.0. The van der Waals surface area contributed by atoms with Crippen LogP contribution in [0.15, 0.2) is 90.5 Å². The van der Waals surface area contributed by atoms with E-state index in [0.29, 0.717) is 21.7 Å². The molecule has 2 aliphatic carbocycles. The summed E-state index contributed by atoms with van der Waals surface area (Å²) in [5.41, 5.74) is 0.680. The van der Waals surface area contributed by atoms with E-state index in [1.807, 2.05) is 0 Å². The Bertz CT molecular complexity index is 2500. The maximum atomic E-state index is 15.3. The summed E-state index contributed by atoms with van der Waals surface area (Å²) in [5.74, 6) is -8.84. The number of hydrogen-bond donors (Lipinski definition) is 2. The molecule has 3 fully saturated rings. The van der Waals surface area contributed by atoms with E-state index >= 15 is 4.79 Å². The van der Waals surface area contributed by atoms with Crippen LogP contribution in [0.3, 0.4) is 0 Å². The molecule has 16 nitrogen and oxygen atoms in total. The maximum Gasteiger partial charge on any atom is 0.301 e. The van der Waals surface area contributed by atoms with Crippen LogP contribution in [0.5, 0.6) is 11.5 Å². The Balaban J connectivity index is 1.32. The molecular weight excluding hydrogens is 791 g/mol. The van der Waals surface area contributed by atoms with E-state index in [1.54, 1.807) is 36.4 Å². The number of nitro benzene ring substituents is 2. The molecular formula is C41H34ClFN6O10. The highest BCUT2D eigenvalue weighted by molar-refractivity contribution is 6.30. The van der Waals surface area contributed by atoms with Gasteiger partial charge in [-0.15, -0.1) is 0 Å². The molecule has 4 aliphatic rings. The van der Waals surface area contributed by atoms with Crippen molar-refractivity contribution in [2.75, 3.05) is 36.4 Å². The zero-order valence-corrected chi connectivity index (χ0v) is 32.3. The van der Waals surface area contributed by atoms with E-state index in [-0.39, 0.29) is 41.4 Å². The summed E-state index contributed by atoms with van der Waals surface area (Å²) >= 11 is 6.35. The number of ether oxygens (including phenoxy) is 1. The molecule has 2 heterocycles. The van der Waals surface area contributed by atoms with Crippen molar-refractivity contribution in [3.63, 3.8) is 0 Å². The molecule has 2 aliphatic heterocycles. The van der Waals surface area contributed by atoms with Crippen molar-refractivity contribution in [1.29, 1.82) is 0 Å². The first-order chi connectivity index (χ1) is 28.1. The van der Waals surface area contributed by atoms with Crippen LogP contribution in [-0.4, -0.2) is 64.8 Å². The van der Waals surface area contributed by atoms with Gasteiger partial charge in [-0.2, -0.15) is 5.01 Å². The van der Waals surface area contributed by atoms with E-state index in [2.05, 4.69) is 5.43 Å². The first-order valence-corrected chi connectivity index (χ1v) is 18.7. The first-order valence-electron chi connectivity index (χ1n) is 18.4. The summed E-state index contributed by atoms with van der Waals surface area (Å²) < 4.78 is 19.4. The number of aromatic hydroxyl groups is 1. The van der Waals surface area contributed by atoms with Gasteiger partial charge in [0.2, 0.25) is 11.8 Å². The van der Waals surface area contributed by atoms with Crippen LogP contribution in [0, 0.1) is 49.7 Å². The van der Waals surface area contributed by atoms with Crippen molar-refractivity contribution in [2.24, 2.45) is 23.7 Å². The van der Waals surface area contributed by atoms with Crippen molar-refractivity contribution < 1.29 is 43.3 Å². The van der Waals surface area contributed by atoms with Crippen molar-refractivity contribution in [1.82, 2.24) is 5.01 Å². The molecule has 4 aromatic carbocycles. The van der Waals surface area contributed by atoms with Gasteiger partial charge in [-0.05, 0) is 78.4 Å². The predicted molar refractivity (Wildman–Crippen MR) is 210 cm³/mol. The van der Waals surface area contributed by atoms with Gasteiger partial charge >= 0.3 is 11.4 Å². The molecule has 4 amide bonds. The van der Waals surface area contributed by atoms with Crippen molar-refractivity contribution in [3.8, 4) is 11.5 Å². The van der Waals surface area contributed by atoms with Crippen LogP contribution in [0.25, 0.3) is 0 Å². The minimum atomic E-state index is -1.72. The van der Waals surface area contributed by atoms with Crippen LogP contribution in [0.1, 0.15) is 29.9 Å². The predicted octanol–water partition coefficient (Wildman–Crippen LogP) is 6.27. The largest absolute Gasteiger partial charge is 0.504 e. The Morgan fingerprint density at radius 2 is 1.54 bits per heavy atom. The second-order valence-corrected chi connectivity index (χ2v) is 15.5. The van der Waals surface area contributed by atoms with Crippen LogP contribution < -0.4 is 20.0 Å². The van der Waals surface area contributed by atoms with Gasteiger partial charge in [0.15, 0.2) is 17.2 Å². The third-order valence-electron chi connectivity index (χ3n) is 11.9. The van der Waals surface area contributed by atoms with Gasteiger partial charge < -0.3 is 14.7 Å². The highest BCUT2D eigenvalue weighted by Crippen LogP contribution is 2.64. The van der Waals surface area contributed by atoms with Gasteiger partial charge in [0.05, 0.1) is 51.5 Å². The minimum absolute atomic E-state index is 0.0235. The average Bonchev–Trinajstić information content (AvgIpc) is 3.59. The molecule has 0 radical (unpaired) electrons. The highest BCUT2D eigenvalue weighted by atomic mass is 35.5. The molecule has 2 N–H and O–H groups in total. The number of imide groups is 2. The zero-order valence-electron chi connectivity index (χ0n) is 31.5. The van der Waals surface area contributed by atoms with Crippen LogP contribution in [0.2, 0.25) is 5.02 Å². The zero-order chi connectivity index (χ0) is 42.2. The summed E-state index contributed by atoms with van der Waals surface area (Å²) in [6.07, 6.45) is 1.62. The normalized spacial score (nSPS) is 24.6. The van der Waals surface area contributed by atoms with Gasteiger partial charge in [0.1, 0.15) is 5.82 Å². The van der Waals surface area contributed by atoms with Gasteiger partial charge in [0.25, 0.3) is 11.8 Å². The van der Waals surface area contributed by atoms with Crippen LogP contribution in [0.4, 0.5) is 32.8 Å². The average molecular weight is 825 g/mol. The molecule has 0 aromatic heterocycles. The van der Waals surface area contributed by atoms with Gasteiger partial charge in [-0.1, -0.05) is 41.4 Å². The number of nitro groups is 2. The fourth-order valence-corrected chi connectivity index (χ4v) is 9.74. The maximum absolute atomic E-state index is 15.3. The van der Waals surface area contributed by atoms with E-state index in [4.69, 9.17) is 16.3 Å². The number of hydrogen-bond acceptors (Lipinski definition) is 12. The van der Waals surface area contributed by atoms with Crippen molar-refractivity contribution >= 4 is 63.7 Å². The molecule has 4 aromatic rings. The SMILES string of the molecule is COc1cc(C2C3=CCC4C(=O)N(c5cc([N+](=O)[O-])c(N(C)C)c([N+](=O)[O-])c5)C(=O)C4C3CC3C(=O)N(Nc4ccc(F)cc4)C(=O)C32c2ccc(Cl)cc2)ccc1O. The number of carbonyl (C=O) groups excluding carboxylic acids is 4. The van der Waals surface area contributed by atoms with Crippen LogP contribution >= 0.6 is 11.6 Å². The smallest absolute Gasteiger partial charge is 0.301 e. The topological polar surface area (TPSA) is 206 Å². The summed E-state index contributed by atoms with van der Waals surface area (Å²) in [6, 6.07) is 17.9. The van der Waals surface area contributed by atoms with Gasteiger partial charge in [-0.25, -0.2) is 9.29 Å². The number of rotatable bonds is 9. The lowest BCUT2D eigenvalue weighted by Crippen LogP contribution is -2.53. The number of allylic oxidation sites excluding steroid dienone is 2. The number of methoxy groups -OCH3 is 1. The number of anilines is 3. The molecule has 59 heavy (non-hydrogen) atoms.